The van der Waals surface area contributed by atoms with Gasteiger partial charge < -0.3 is 4.90 Å². The molecule has 2 aromatic rings. The molecule has 1 aliphatic rings. The molecule has 1 aliphatic heterocycles. The molecule has 0 saturated carbocycles. The Morgan fingerprint density at radius 3 is 2.26 bits per heavy atom. The molecule has 1 aromatic carbocycles. The topological polar surface area (TPSA) is 60.9 Å². The Morgan fingerprint density at radius 1 is 1.06 bits per heavy atom. The molecule has 0 spiro atoms. The lowest BCUT2D eigenvalue weighted by atomic mass is 10.2. The summed E-state index contributed by atoms with van der Waals surface area (Å²) in [6.45, 7) is 8.39. The van der Waals surface area contributed by atoms with Crippen molar-refractivity contribution in [2.24, 2.45) is 0 Å². The highest BCUT2D eigenvalue weighted by atomic mass is 35.5. The first-order valence-corrected chi connectivity index (χ1v) is 13.0. The van der Waals surface area contributed by atoms with Crippen molar-refractivity contribution in [1.82, 2.24) is 14.1 Å². The third-order valence-electron chi connectivity index (χ3n) is 5.33. The molecule has 168 valence electrons. The van der Waals surface area contributed by atoms with Crippen LogP contribution in [0.2, 0.25) is 4.34 Å². The van der Waals surface area contributed by atoms with E-state index in [4.69, 9.17) is 11.6 Å². The molecule has 1 aromatic heterocycles. The number of sulfonamides is 1. The van der Waals surface area contributed by atoms with Gasteiger partial charge >= 0.3 is 0 Å². The van der Waals surface area contributed by atoms with Crippen molar-refractivity contribution in [3.63, 3.8) is 0 Å². The van der Waals surface area contributed by atoms with Crippen LogP contribution < -0.4 is 0 Å². The Labute approximate surface area is 193 Å². The lowest BCUT2D eigenvalue weighted by molar-refractivity contribution is -0.127. The minimum Gasteiger partial charge on any atom is -0.337 e. The number of carbonyl (C=O) groups excluding carboxylic acids is 1. The lowest BCUT2D eigenvalue weighted by Gasteiger charge is -2.33. The quantitative estimate of drug-likeness (QED) is 0.538. The van der Waals surface area contributed by atoms with Crippen molar-refractivity contribution >= 4 is 44.9 Å². The van der Waals surface area contributed by atoms with Crippen molar-refractivity contribution in [3.8, 4) is 0 Å². The van der Waals surface area contributed by atoms with Crippen molar-refractivity contribution in [2.45, 2.75) is 25.3 Å². The van der Waals surface area contributed by atoms with Crippen LogP contribution in [0.25, 0.3) is 6.08 Å². The molecular formula is C22H28ClN3O3S2. The number of rotatable bonds is 8. The molecule has 3 rings (SSSR count). The second-order valence-electron chi connectivity index (χ2n) is 7.30. The van der Waals surface area contributed by atoms with E-state index >= 15 is 0 Å². The highest BCUT2D eigenvalue weighted by molar-refractivity contribution is 7.89. The van der Waals surface area contributed by atoms with Gasteiger partial charge in [0.1, 0.15) is 0 Å². The fraction of sp³-hybridized carbons (Fsp3) is 0.409. The van der Waals surface area contributed by atoms with Gasteiger partial charge in [0.15, 0.2) is 0 Å². The van der Waals surface area contributed by atoms with Gasteiger partial charge in [-0.25, -0.2) is 8.42 Å². The smallest absolute Gasteiger partial charge is 0.246 e. The van der Waals surface area contributed by atoms with E-state index < -0.39 is 10.0 Å². The SMILES string of the molecule is CCN(CC)S(=O)(=O)c1ccc(C=CC(=O)N2CCN(Cc3ccc(Cl)s3)CC2)cc1. The Balaban J connectivity index is 1.53. The van der Waals surface area contributed by atoms with E-state index in [-0.39, 0.29) is 10.8 Å². The Morgan fingerprint density at radius 2 is 1.71 bits per heavy atom. The molecular weight excluding hydrogens is 454 g/mol. The summed E-state index contributed by atoms with van der Waals surface area (Å²) in [5.74, 6) is -0.0290. The van der Waals surface area contributed by atoms with E-state index in [2.05, 4.69) is 4.90 Å². The van der Waals surface area contributed by atoms with Gasteiger partial charge in [0.25, 0.3) is 0 Å². The van der Waals surface area contributed by atoms with E-state index in [0.29, 0.717) is 26.2 Å². The summed E-state index contributed by atoms with van der Waals surface area (Å²) in [7, 11) is -3.47. The molecule has 1 amide bonds. The van der Waals surface area contributed by atoms with E-state index in [9.17, 15) is 13.2 Å². The number of nitrogens with zero attached hydrogens (tertiary/aromatic N) is 3. The molecule has 1 fully saturated rings. The Bertz CT molecular complexity index is 1010. The van der Waals surface area contributed by atoms with Crippen molar-refractivity contribution in [2.75, 3.05) is 39.3 Å². The van der Waals surface area contributed by atoms with Crippen molar-refractivity contribution in [3.05, 3.63) is 57.3 Å². The predicted molar refractivity (Wildman–Crippen MR) is 127 cm³/mol. The van der Waals surface area contributed by atoms with Crippen LogP contribution in [0.5, 0.6) is 0 Å². The van der Waals surface area contributed by atoms with Gasteiger partial charge in [0.2, 0.25) is 15.9 Å². The lowest BCUT2D eigenvalue weighted by Crippen LogP contribution is -2.47. The largest absolute Gasteiger partial charge is 0.337 e. The second-order valence-corrected chi connectivity index (χ2v) is 11.0. The molecule has 31 heavy (non-hydrogen) atoms. The summed E-state index contributed by atoms with van der Waals surface area (Å²) in [5, 5.41) is 0. The van der Waals surface area contributed by atoms with Crippen LogP contribution in [-0.4, -0.2) is 67.7 Å². The van der Waals surface area contributed by atoms with E-state index in [1.54, 1.807) is 47.8 Å². The Kier molecular flexibility index (Phi) is 8.30. The summed E-state index contributed by atoms with van der Waals surface area (Å²) >= 11 is 7.59. The zero-order valence-corrected chi connectivity index (χ0v) is 20.2. The number of amides is 1. The summed E-state index contributed by atoms with van der Waals surface area (Å²) in [4.78, 5) is 18.2. The molecule has 9 heteroatoms. The van der Waals surface area contributed by atoms with Crippen molar-refractivity contribution < 1.29 is 13.2 Å². The van der Waals surface area contributed by atoms with Gasteiger partial charge in [-0.3, -0.25) is 9.69 Å². The predicted octanol–water partition coefficient (Wildman–Crippen LogP) is 3.79. The average Bonchev–Trinajstić information content (AvgIpc) is 3.18. The highest BCUT2D eigenvalue weighted by Crippen LogP contribution is 2.23. The monoisotopic (exact) mass is 481 g/mol. The van der Waals surface area contributed by atoms with Crippen LogP contribution in [-0.2, 0) is 21.4 Å². The molecule has 0 atom stereocenters. The number of hydrogen-bond donors (Lipinski definition) is 0. The third-order valence-corrected chi connectivity index (χ3v) is 8.61. The summed E-state index contributed by atoms with van der Waals surface area (Å²) in [6.07, 6.45) is 3.29. The molecule has 1 saturated heterocycles. The summed E-state index contributed by atoms with van der Waals surface area (Å²) in [6, 6.07) is 10.6. The fourth-order valence-electron chi connectivity index (χ4n) is 3.52. The van der Waals surface area contributed by atoms with Gasteiger partial charge in [-0.15, -0.1) is 11.3 Å². The maximum Gasteiger partial charge on any atom is 0.246 e. The van der Waals surface area contributed by atoms with Crippen LogP contribution in [0.15, 0.2) is 47.4 Å². The van der Waals surface area contributed by atoms with Crippen molar-refractivity contribution in [1.29, 1.82) is 0 Å². The molecule has 6 nitrogen and oxygen atoms in total. The first-order chi connectivity index (χ1) is 14.8. The molecule has 0 N–H and O–H groups in total. The molecule has 0 bridgehead atoms. The van der Waals surface area contributed by atoms with E-state index in [1.807, 2.05) is 30.9 Å². The summed E-state index contributed by atoms with van der Waals surface area (Å²) in [5.41, 5.74) is 0.792. The maximum absolute atomic E-state index is 12.6. The normalized spacial score (nSPS) is 15.8. The van der Waals surface area contributed by atoms with Gasteiger partial charge in [-0.1, -0.05) is 37.6 Å². The zero-order valence-electron chi connectivity index (χ0n) is 17.8. The van der Waals surface area contributed by atoms with Crippen LogP contribution >= 0.6 is 22.9 Å². The number of carbonyl (C=O) groups is 1. The standard InChI is InChI=1S/C22H28ClN3O3S2/c1-3-26(4-2)31(28,29)20-9-5-18(6-10-20)7-12-22(27)25-15-13-24(14-16-25)17-19-8-11-21(23)30-19/h5-12H,3-4,13-17H2,1-2H3. The third kappa shape index (κ3) is 6.17. The van der Waals surface area contributed by atoms with Gasteiger partial charge in [0.05, 0.1) is 9.23 Å². The molecule has 2 heterocycles. The van der Waals surface area contributed by atoms with Crippen LogP contribution in [0.1, 0.15) is 24.3 Å². The van der Waals surface area contributed by atoms with Crippen LogP contribution in [0, 0.1) is 0 Å². The van der Waals surface area contributed by atoms with Gasteiger partial charge in [0, 0.05) is 56.8 Å². The van der Waals surface area contributed by atoms with Gasteiger partial charge in [-0.05, 0) is 35.9 Å². The molecule has 0 aliphatic carbocycles. The van der Waals surface area contributed by atoms with Gasteiger partial charge in [-0.2, -0.15) is 4.31 Å². The average molecular weight is 482 g/mol. The number of piperazine rings is 1. The maximum atomic E-state index is 12.6. The molecule has 0 radical (unpaired) electrons. The zero-order chi connectivity index (χ0) is 22.4. The number of hydrogen-bond acceptors (Lipinski definition) is 5. The van der Waals surface area contributed by atoms with Crippen LogP contribution in [0.4, 0.5) is 0 Å². The minimum atomic E-state index is -3.47. The first-order valence-electron chi connectivity index (χ1n) is 10.4. The Hall–Kier alpha value is -1.71. The highest BCUT2D eigenvalue weighted by Gasteiger charge is 2.22. The minimum absolute atomic E-state index is 0.0290. The van der Waals surface area contributed by atoms with E-state index in [0.717, 1.165) is 29.5 Å². The summed E-state index contributed by atoms with van der Waals surface area (Å²) < 4.78 is 27.3. The van der Waals surface area contributed by atoms with Crippen LogP contribution in [0.3, 0.4) is 0 Å². The van der Waals surface area contributed by atoms with E-state index in [1.165, 1.54) is 9.18 Å². The first kappa shape index (κ1) is 23.9. The number of halogens is 1. The molecule has 0 unspecified atom stereocenters. The number of thiophene rings is 1. The fourth-order valence-corrected chi connectivity index (χ4v) is 6.11. The number of benzene rings is 1. The second kappa shape index (κ2) is 10.7.